The van der Waals surface area contributed by atoms with Gasteiger partial charge < -0.3 is 10.1 Å². The van der Waals surface area contributed by atoms with Crippen LogP contribution in [0.25, 0.3) is 0 Å². The Morgan fingerprint density at radius 1 is 1.39 bits per heavy atom. The first-order chi connectivity index (χ1) is 8.74. The first kappa shape index (κ1) is 13.5. The van der Waals surface area contributed by atoms with Gasteiger partial charge in [0.2, 0.25) is 0 Å². The molecule has 1 aromatic rings. The van der Waals surface area contributed by atoms with Gasteiger partial charge in [-0.1, -0.05) is 12.8 Å². The fourth-order valence-electron chi connectivity index (χ4n) is 2.57. The molecule has 4 heteroatoms. The van der Waals surface area contributed by atoms with Gasteiger partial charge in [-0.2, -0.15) is 11.8 Å². The Morgan fingerprint density at radius 3 is 2.89 bits per heavy atom. The lowest BCUT2D eigenvalue weighted by Crippen LogP contribution is -2.34. The van der Waals surface area contributed by atoms with Crippen molar-refractivity contribution in [3.8, 4) is 5.75 Å². The number of thioether (sulfide) groups is 1. The highest BCUT2D eigenvalue weighted by Crippen LogP contribution is 2.32. The maximum absolute atomic E-state index is 5.38. The van der Waals surface area contributed by atoms with Crippen molar-refractivity contribution >= 4 is 17.4 Å². The maximum Gasteiger partial charge on any atom is 0.160 e. The normalized spacial score (nSPS) is 23.7. The molecule has 1 N–H and O–H groups in total. The topological polar surface area (TPSA) is 34.1 Å². The number of nitrogens with zero attached hydrogens (tertiary/aromatic N) is 1. The Labute approximate surface area is 114 Å². The van der Waals surface area contributed by atoms with Gasteiger partial charge in [-0.05, 0) is 32.1 Å². The molecule has 1 fully saturated rings. The minimum Gasteiger partial charge on any atom is -0.493 e. The van der Waals surface area contributed by atoms with Crippen LogP contribution in [-0.2, 0) is 0 Å². The summed E-state index contributed by atoms with van der Waals surface area (Å²) in [4.78, 5) is 4.27. The number of methoxy groups -OCH3 is 1. The number of aromatic nitrogens is 1. The Morgan fingerprint density at radius 2 is 2.17 bits per heavy atom. The van der Waals surface area contributed by atoms with E-state index in [9.17, 15) is 0 Å². The fraction of sp³-hybridized carbons (Fsp3) is 0.643. The van der Waals surface area contributed by atoms with Crippen LogP contribution in [0.1, 0.15) is 31.4 Å². The second-order valence-corrected chi connectivity index (χ2v) is 5.91. The van der Waals surface area contributed by atoms with Gasteiger partial charge in [0.1, 0.15) is 0 Å². The predicted octanol–water partition coefficient (Wildman–Crippen LogP) is 3.48. The molecule has 1 aliphatic rings. The molecule has 3 nitrogen and oxygen atoms in total. The first-order valence-electron chi connectivity index (χ1n) is 6.54. The quantitative estimate of drug-likeness (QED) is 0.904. The summed E-state index contributed by atoms with van der Waals surface area (Å²) in [6.07, 6.45) is 9.24. The molecular formula is C14H22N2OS. The lowest BCUT2D eigenvalue weighted by molar-refractivity contribution is 0.411. The number of pyridine rings is 1. The van der Waals surface area contributed by atoms with Crippen molar-refractivity contribution in [2.24, 2.45) is 0 Å². The molecule has 0 saturated heterocycles. The summed E-state index contributed by atoms with van der Waals surface area (Å²) in [7, 11) is 1.70. The average molecular weight is 266 g/mol. The van der Waals surface area contributed by atoms with E-state index in [2.05, 4.69) is 22.6 Å². The molecular weight excluding hydrogens is 244 g/mol. The Bertz CT molecular complexity index is 397. The van der Waals surface area contributed by atoms with Gasteiger partial charge in [0, 0.05) is 17.0 Å². The van der Waals surface area contributed by atoms with Crippen LogP contribution in [0.2, 0.25) is 0 Å². The van der Waals surface area contributed by atoms with Gasteiger partial charge in [0.05, 0.1) is 19.0 Å². The van der Waals surface area contributed by atoms with Crippen molar-refractivity contribution in [2.45, 2.75) is 43.9 Å². The summed E-state index contributed by atoms with van der Waals surface area (Å²) in [5.41, 5.74) is 2.10. The SMILES string of the molecule is COc1cnc(C)cc1NC1CCCCC1SC. The number of ether oxygens (including phenoxy) is 1. The Hall–Kier alpha value is -0.900. The molecule has 2 rings (SSSR count). The highest BCUT2D eigenvalue weighted by Gasteiger charge is 2.24. The van der Waals surface area contributed by atoms with Gasteiger partial charge >= 0.3 is 0 Å². The van der Waals surface area contributed by atoms with Crippen molar-refractivity contribution in [1.29, 1.82) is 0 Å². The molecule has 0 aliphatic heterocycles. The average Bonchev–Trinajstić information content (AvgIpc) is 2.40. The first-order valence-corrected chi connectivity index (χ1v) is 7.83. The van der Waals surface area contributed by atoms with Crippen LogP contribution in [-0.4, -0.2) is 29.6 Å². The minimum absolute atomic E-state index is 0.546. The lowest BCUT2D eigenvalue weighted by atomic mass is 9.94. The summed E-state index contributed by atoms with van der Waals surface area (Å²) in [6, 6.07) is 2.62. The van der Waals surface area contributed by atoms with E-state index in [0.717, 1.165) is 17.1 Å². The third-order valence-electron chi connectivity index (χ3n) is 3.57. The molecule has 1 aliphatic carbocycles. The third-order valence-corrected chi connectivity index (χ3v) is 4.74. The molecule has 2 atom stereocenters. The lowest BCUT2D eigenvalue weighted by Gasteiger charge is -2.32. The van der Waals surface area contributed by atoms with Crippen molar-refractivity contribution in [1.82, 2.24) is 4.98 Å². The van der Waals surface area contributed by atoms with Crippen molar-refractivity contribution < 1.29 is 4.74 Å². The van der Waals surface area contributed by atoms with Gasteiger partial charge in [-0.3, -0.25) is 4.98 Å². The zero-order chi connectivity index (χ0) is 13.0. The monoisotopic (exact) mass is 266 g/mol. The Kier molecular flexibility index (Phi) is 4.75. The molecule has 1 aromatic heterocycles. The summed E-state index contributed by atoms with van der Waals surface area (Å²) < 4.78 is 5.38. The number of aryl methyl sites for hydroxylation is 1. The van der Waals surface area contributed by atoms with E-state index in [1.165, 1.54) is 25.7 Å². The van der Waals surface area contributed by atoms with Crippen LogP contribution in [0.5, 0.6) is 5.75 Å². The van der Waals surface area contributed by atoms with Crippen LogP contribution in [0.3, 0.4) is 0 Å². The van der Waals surface area contributed by atoms with E-state index >= 15 is 0 Å². The second-order valence-electron chi connectivity index (χ2n) is 4.84. The number of hydrogen-bond donors (Lipinski definition) is 1. The van der Waals surface area contributed by atoms with Gasteiger partial charge in [0.25, 0.3) is 0 Å². The van der Waals surface area contributed by atoms with E-state index in [1.54, 1.807) is 13.3 Å². The number of nitrogens with one attached hydrogen (secondary N) is 1. The number of hydrogen-bond acceptors (Lipinski definition) is 4. The third kappa shape index (κ3) is 3.10. The molecule has 2 unspecified atom stereocenters. The van der Waals surface area contributed by atoms with Gasteiger partial charge in [-0.25, -0.2) is 0 Å². The second kappa shape index (κ2) is 6.32. The molecule has 1 heterocycles. The summed E-state index contributed by atoms with van der Waals surface area (Å²) in [6.45, 7) is 2.01. The standard InChI is InChI=1S/C14H22N2OS/c1-10-8-12(13(17-2)9-15-10)16-11-6-4-5-7-14(11)18-3/h8-9,11,14H,4-7H2,1-3H3,(H,15,16). The highest BCUT2D eigenvalue weighted by atomic mass is 32.2. The predicted molar refractivity (Wildman–Crippen MR) is 78.7 cm³/mol. The van der Waals surface area contributed by atoms with E-state index in [4.69, 9.17) is 4.74 Å². The van der Waals surface area contributed by atoms with Crippen LogP contribution >= 0.6 is 11.8 Å². The van der Waals surface area contributed by atoms with Crippen LogP contribution in [0, 0.1) is 6.92 Å². The van der Waals surface area contributed by atoms with Crippen LogP contribution in [0.15, 0.2) is 12.3 Å². The van der Waals surface area contributed by atoms with Crippen LogP contribution < -0.4 is 10.1 Å². The van der Waals surface area contributed by atoms with E-state index in [0.29, 0.717) is 11.3 Å². The van der Waals surface area contributed by atoms with E-state index in [-0.39, 0.29) is 0 Å². The molecule has 0 spiro atoms. The smallest absolute Gasteiger partial charge is 0.160 e. The summed E-state index contributed by atoms with van der Waals surface area (Å²) in [5.74, 6) is 0.839. The van der Waals surface area contributed by atoms with Crippen LogP contribution in [0.4, 0.5) is 5.69 Å². The maximum atomic E-state index is 5.38. The van der Waals surface area contributed by atoms with E-state index < -0.39 is 0 Å². The zero-order valence-electron chi connectivity index (χ0n) is 11.4. The molecule has 0 bridgehead atoms. The molecule has 18 heavy (non-hydrogen) atoms. The molecule has 100 valence electrons. The number of rotatable bonds is 4. The summed E-state index contributed by atoms with van der Waals surface area (Å²) >= 11 is 1.97. The summed E-state index contributed by atoms with van der Waals surface area (Å²) in [5, 5.41) is 4.36. The van der Waals surface area contributed by atoms with Crippen molar-refractivity contribution in [3.05, 3.63) is 18.0 Å². The molecule has 0 radical (unpaired) electrons. The minimum atomic E-state index is 0.546. The number of anilines is 1. The molecule has 0 aromatic carbocycles. The fourth-order valence-corrected chi connectivity index (χ4v) is 3.50. The largest absolute Gasteiger partial charge is 0.493 e. The zero-order valence-corrected chi connectivity index (χ0v) is 12.2. The van der Waals surface area contributed by atoms with Gasteiger partial charge in [-0.15, -0.1) is 0 Å². The van der Waals surface area contributed by atoms with Gasteiger partial charge in [0.15, 0.2) is 5.75 Å². The molecule has 1 saturated carbocycles. The van der Waals surface area contributed by atoms with E-state index in [1.807, 2.05) is 18.7 Å². The highest BCUT2D eigenvalue weighted by molar-refractivity contribution is 7.99. The van der Waals surface area contributed by atoms with Crippen molar-refractivity contribution in [2.75, 3.05) is 18.7 Å². The Balaban J connectivity index is 2.14. The van der Waals surface area contributed by atoms with Crippen molar-refractivity contribution in [3.63, 3.8) is 0 Å². The molecule has 0 amide bonds.